The second-order valence-corrected chi connectivity index (χ2v) is 6.06. The number of aromatic amines is 1. The quantitative estimate of drug-likeness (QED) is 0.863. The van der Waals surface area contributed by atoms with Gasteiger partial charge in [0, 0.05) is 55.7 Å². The maximum Gasteiger partial charge on any atom is 0.179 e. The Bertz CT molecular complexity index is 707. The number of amidine groups is 1. The van der Waals surface area contributed by atoms with Crippen LogP contribution in [0, 0.1) is 0 Å². The van der Waals surface area contributed by atoms with Crippen molar-refractivity contribution in [2.24, 2.45) is 10.1 Å². The number of nitrogens with one attached hydrogen (secondary N) is 1. The summed E-state index contributed by atoms with van der Waals surface area (Å²) < 4.78 is 5.04. The minimum Gasteiger partial charge on any atom is -0.385 e. The van der Waals surface area contributed by atoms with Crippen molar-refractivity contribution in [1.82, 2.24) is 9.99 Å². The molecule has 0 saturated carbocycles. The van der Waals surface area contributed by atoms with Gasteiger partial charge in [0.15, 0.2) is 5.17 Å². The summed E-state index contributed by atoms with van der Waals surface area (Å²) in [6.45, 7) is 1.52. The molecule has 1 aliphatic rings. The Morgan fingerprint density at radius 3 is 3.09 bits per heavy atom. The molecule has 2 aromatic rings. The fourth-order valence-electron chi connectivity index (χ4n) is 2.45. The standard InChI is InChI=1S/C16H20N4OS/c1-20-16(17-8-5-9-21-2)22-11-15(19-20)13-10-18-14-7-4-3-6-12(13)14/h3-4,6-7,10,18H,5,8-9,11H2,1-2H3. The summed E-state index contributed by atoms with van der Waals surface area (Å²) >= 11 is 1.73. The first-order chi connectivity index (χ1) is 10.8. The average molecular weight is 316 g/mol. The number of ether oxygens (including phenoxy) is 1. The van der Waals surface area contributed by atoms with Gasteiger partial charge in [0.2, 0.25) is 0 Å². The molecule has 1 aromatic carbocycles. The smallest absolute Gasteiger partial charge is 0.179 e. The van der Waals surface area contributed by atoms with Crippen LogP contribution >= 0.6 is 11.8 Å². The third-order valence-electron chi connectivity index (χ3n) is 3.54. The molecule has 0 spiro atoms. The van der Waals surface area contributed by atoms with Crippen molar-refractivity contribution >= 4 is 33.5 Å². The Balaban J connectivity index is 1.77. The van der Waals surface area contributed by atoms with Gasteiger partial charge in [-0.05, 0) is 12.5 Å². The van der Waals surface area contributed by atoms with Gasteiger partial charge in [-0.2, -0.15) is 5.10 Å². The maximum absolute atomic E-state index is 5.04. The number of thioether (sulfide) groups is 1. The van der Waals surface area contributed by atoms with Crippen LogP contribution in [0.1, 0.15) is 12.0 Å². The molecule has 0 atom stereocenters. The van der Waals surface area contributed by atoms with Gasteiger partial charge in [-0.1, -0.05) is 30.0 Å². The molecule has 6 heteroatoms. The Morgan fingerprint density at radius 2 is 2.27 bits per heavy atom. The minimum atomic E-state index is 0.745. The van der Waals surface area contributed by atoms with Crippen LogP contribution in [0.2, 0.25) is 0 Å². The van der Waals surface area contributed by atoms with E-state index < -0.39 is 0 Å². The molecule has 2 heterocycles. The van der Waals surface area contributed by atoms with Crippen LogP contribution in [0.15, 0.2) is 40.6 Å². The Hall–Kier alpha value is -1.79. The monoisotopic (exact) mass is 316 g/mol. The van der Waals surface area contributed by atoms with E-state index in [1.165, 1.54) is 10.9 Å². The number of H-pyrrole nitrogens is 1. The summed E-state index contributed by atoms with van der Waals surface area (Å²) in [5, 5.41) is 8.77. The molecule has 5 nitrogen and oxygen atoms in total. The number of methoxy groups -OCH3 is 1. The van der Waals surface area contributed by atoms with Gasteiger partial charge in [0.05, 0.1) is 5.71 Å². The van der Waals surface area contributed by atoms with E-state index in [0.717, 1.165) is 41.7 Å². The first-order valence-electron chi connectivity index (χ1n) is 7.33. The molecule has 1 aliphatic heterocycles. The van der Waals surface area contributed by atoms with Gasteiger partial charge in [0.25, 0.3) is 0 Å². The van der Waals surface area contributed by atoms with Crippen LogP contribution in [-0.2, 0) is 4.74 Å². The highest BCUT2D eigenvalue weighted by molar-refractivity contribution is 8.14. The zero-order chi connectivity index (χ0) is 15.4. The summed E-state index contributed by atoms with van der Waals surface area (Å²) in [6.07, 6.45) is 2.98. The number of rotatable bonds is 5. The second kappa shape index (κ2) is 6.98. The topological polar surface area (TPSA) is 53.0 Å². The van der Waals surface area contributed by atoms with Gasteiger partial charge in [0.1, 0.15) is 0 Å². The van der Waals surface area contributed by atoms with Gasteiger partial charge >= 0.3 is 0 Å². The molecule has 0 unspecified atom stereocenters. The predicted octanol–water partition coefficient (Wildman–Crippen LogP) is 2.94. The van der Waals surface area contributed by atoms with Crippen LogP contribution in [0.25, 0.3) is 10.9 Å². The highest BCUT2D eigenvalue weighted by Gasteiger charge is 2.19. The molecule has 22 heavy (non-hydrogen) atoms. The van der Waals surface area contributed by atoms with Crippen molar-refractivity contribution in [3.05, 3.63) is 36.0 Å². The fraction of sp³-hybridized carbons (Fsp3) is 0.375. The van der Waals surface area contributed by atoms with Gasteiger partial charge in [-0.3, -0.25) is 4.99 Å². The van der Waals surface area contributed by atoms with Gasteiger partial charge < -0.3 is 9.72 Å². The van der Waals surface area contributed by atoms with Crippen LogP contribution in [0.4, 0.5) is 0 Å². The lowest BCUT2D eigenvalue weighted by Crippen LogP contribution is -2.28. The van der Waals surface area contributed by atoms with E-state index in [0.29, 0.717) is 0 Å². The Kier molecular flexibility index (Phi) is 4.80. The van der Waals surface area contributed by atoms with E-state index in [4.69, 9.17) is 9.84 Å². The molecule has 0 radical (unpaired) electrons. The predicted molar refractivity (Wildman–Crippen MR) is 93.9 cm³/mol. The zero-order valence-electron chi connectivity index (χ0n) is 12.9. The van der Waals surface area contributed by atoms with E-state index >= 15 is 0 Å². The Labute approximate surface area is 134 Å². The normalized spacial score (nSPS) is 17.3. The van der Waals surface area contributed by atoms with Crippen molar-refractivity contribution < 1.29 is 4.74 Å². The van der Waals surface area contributed by atoms with Gasteiger partial charge in [-0.25, -0.2) is 5.01 Å². The van der Waals surface area contributed by atoms with Crippen molar-refractivity contribution in [3.8, 4) is 0 Å². The zero-order valence-corrected chi connectivity index (χ0v) is 13.7. The SMILES string of the molecule is COCCCN=C1SCC(c2c[nH]c3ccccc23)=NN1C. The molecule has 0 fully saturated rings. The molecule has 1 aromatic heterocycles. The second-order valence-electron chi connectivity index (χ2n) is 5.12. The highest BCUT2D eigenvalue weighted by Crippen LogP contribution is 2.24. The maximum atomic E-state index is 5.04. The van der Waals surface area contributed by atoms with Crippen molar-refractivity contribution in [2.75, 3.05) is 33.1 Å². The highest BCUT2D eigenvalue weighted by atomic mass is 32.2. The molecule has 116 valence electrons. The van der Waals surface area contributed by atoms with Crippen LogP contribution in [-0.4, -0.2) is 53.9 Å². The molecule has 0 saturated heterocycles. The van der Waals surface area contributed by atoms with Crippen molar-refractivity contribution in [2.45, 2.75) is 6.42 Å². The lowest BCUT2D eigenvalue weighted by molar-refractivity contribution is 0.197. The average Bonchev–Trinajstić information content (AvgIpc) is 2.97. The van der Waals surface area contributed by atoms with E-state index in [2.05, 4.69) is 28.2 Å². The summed E-state index contributed by atoms with van der Waals surface area (Å²) in [6, 6.07) is 8.31. The Morgan fingerprint density at radius 1 is 1.41 bits per heavy atom. The lowest BCUT2D eigenvalue weighted by atomic mass is 10.1. The number of benzene rings is 1. The third-order valence-corrected chi connectivity index (χ3v) is 4.61. The molecule has 0 bridgehead atoms. The summed E-state index contributed by atoms with van der Waals surface area (Å²) in [5.41, 5.74) is 3.40. The molecule has 1 N–H and O–H groups in total. The number of hydrogen-bond acceptors (Lipinski definition) is 4. The molecule has 0 amide bonds. The van der Waals surface area contributed by atoms with Crippen LogP contribution in [0.3, 0.4) is 0 Å². The van der Waals surface area contributed by atoms with Crippen molar-refractivity contribution in [3.63, 3.8) is 0 Å². The third kappa shape index (κ3) is 3.18. The number of para-hydroxylation sites is 1. The van der Waals surface area contributed by atoms with Crippen molar-refractivity contribution in [1.29, 1.82) is 0 Å². The summed E-state index contributed by atoms with van der Waals surface area (Å²) in [7, 11) is 3.67. The summed E-state index contributed by atoms with van der Waals surface area (Å²) in [4.78, 5) is 7.90. The minimum absolute atomic E-state index is 0.745. The number of aromatic nitrogens is 1. The van der Waals surface area contributed by atoms with E-state index in [-0.39, 0.29) is 0 Å². The molecular weight excluding hydrogens is 296 g/mol. The number of aliphatic imine (C=N–C) groups is 1. The number of hydrogen-bond donors (Lipinski definition) is 1. The number of nitrogens with zero attached hydrogens (tertiary/aromatic N) is 3. The molecule has 0 aliphatic carbocycles. The van der Waals surface area contributed by atoms with Crippen LogP contribution in [0.5, 0.6) is 0 Å². The lowest BCUT2D eigenvalue weighted by Gasteiger charge is -2.22. The van der Waals surface area contributed by atoms with E-state index in [1.807, 2.05) is 24.3 Å². The summed E-state index contributed by atoms with van der Waals surface area (Å²) in [5.74, 6) is 0.843. The largest absolute Gasteiger partial charge is 0.385 e. The fourth-order valence-corrected chi connectivity index (χ4v) is 3.34. The first-order valence-corrected chi connectivity index (χ1v) is 8.32. The molecular formula is C16H20N4OS. The van der Waals surface area contributed by atoms with E-state index in [9.17, 15) is 0 Å². The number of fused-ring (bicyclic) bond motifs is 1. The molecule has 3 rings (SSSR count). The first kappa shape index (κ1) is 15.1. The van der Waals surface area contributed by atoms with Crippen LogP contribution < -0.4 is 0 Å². The van der Waals surface area contributed by atoms with E-state index in [1.54, 1.807) is 18.9 Å². The number of hydrazone groups is 1. The van der Waals surface area contributed by atoms with Gasteiger partial charge in [-0.15, -0.1) is 0 Å².